The van der Waals surface area contributed by atoms with Gasteiger partial charge in [0.2, 0.25) is 0 Å². The zero-order valence-electron chi connectivity index (χ0n) is 15.6. The molecule has 2 aromatic rings. The monoisotopic (exact) mass is 375 g/mol. The minimum absolute atomic E-state index is 0.0667. The molecule has 2 aromatic heterocycles. The Kier molecular flexibility index (Phi) is 4.35. The quantitative estimate of drug-likeness (QED) is 0.764. The number of aryl methyl sites for hydroxylation is 1. The average Bonchev–Trinajstić information content (AvgIpc) is 3.17. The van der Waals surface area contributed by atoms with E-state index in [0.29, 0.717) is 6.54 Å². The van der Waals surface area contributed by atoms with Crippen molar-refractivity contribution >= 4 is 11.3 Å². The Labute approximate surface area is 156 Å². The Morgan fingerprint density at radius 1 is 1.15 bits per heavy atom. The van der Waals surface area contributed by atoms with Crippen LogP contribution in [-0.4, -0.2) is 37.3 Å². The lowest BCUT2D eigenvalue weighted by atomic mass is 9.76. The van der Waals surface area contributed by atoms with E-state index in [-0.39, 0.29) is 11.5 Å². The van der Waals surface area contributed by atoms with Gasteiger partial charge in [-0.15, -0.1) is 11.3 Å². The molecule has 0 amide bonds. The van der Waals surface area contributed by atoms with Crippen LogP contribution in [0.3, 0.4) is 0 Å². The summed E-state index contributed by atoms with van der Waals surface area (Å²) in [7, 11) is 0. The normalized spacial score (nSPS) is 19.4. The van der Waals surface area contributed by atoms with Gasteiger partial charge in [0.05, 0.1) is 17.2 Å². The summed E-state index contributed by atoms with van der Waals surface area (Å²) in [6.45, 7) is 9.37. The van der Waals surface area contributed by atoms with Gasteiger partial charge >= 0.3 is 11.1 Å². The first-order valence-corrected chi connectivity index (χ1v) is 10.1. The third-order valence-electron chi connectivity index (χ3n) is 5.90. The first-order valence-electron chi connectivity index (χ1n) is 9.27. The molecule has 0 bridgehead atoms. The fourth-order valence-electron chi connectivity index (χ4n) is 4.19. The van der Waals surface area contributed by atoms with Gasteiger partial charge in [-0.3, -0.25) is 19.1 Å². The highest BCUT2D eigenvalue weighted by atomic mass is 32.1. The Bertz CT molecular complexity index is 934. The summed E-state index contributed by atoms with van der Waals surface area (Å²) in [6.07, 6.45) is 2.87. The molecule has 1 saturated heterocycles. The van der Waals surface area contributed by atoms with Gasteiger partial charge < -0.3 is 0 Å². The van der Waals surface area contributed by atoms with Crippen LogP contribution in [0, 0.1) is 6.92 Å². The minimum atomic E-state index is -0.501. The van der Waals surface area contributed by atoms with Crippen LogP contribution in [0.15, 0.2) is 15.1 Å². The van der Waals surface area contributed by atoms with E-state index < -0.39 is 11.1 Å². The van der Waals surface area contributed by atoms with Gasteiger partial charge in [-0.05, 0) is 53.1 Å². The zero-order chi connectivity index (χ0) is 18.5. The molecule has 2 aliphatic rings. The van der Waals surface area contributed by atoms with Gasteiger partial charge in [-0.2, -0.15) is 5.10 Å². The number of aromatic nitrogens is 4. The smallest absolute Gasteiger partial charge is 0.298 e. The number of rotatable bonds is 3. The van der Waals surface area contributed by atoms with Gasteiger partial charge in [-0.1, -0.05) is 0 Å². The van der Waals surface area contributed by atoms with Gasteiger partial charge in [0.1, 0.15) is 5.82 Å². The zero-order valence-corrected chi connectivity index (χ0v) is 16.4. The lowest BCUT2D eigenvalue weighted by Crippen LogP contribution is -2.47. The average molecular weight is 375 g/mol. The largest absolute Gasteiger partial charge is 0.332 e. The first-order chi connectivity index (χ1) is 12.4. The van der Waals surface area contributed by atoms with Crippen LogP contribution in [0.1, 0.15) is 55.5 Å². The van der Waals surface area contributed by atoms with Crippen LogP contribution in [0.2, 0.25) is 0 Å². The molecule has 0 saturated carbocycles. The molecule has 0 atom stereocenters. The minimum Gasteiger partial charge on any atom is -0.298 e. The van der Waals surface area contributed by atoms with Crippen molar-refractivity contribution in [1.82, 2.24) is 24.2 Å². The third kappa shape index (κ3) is 2.75. The van der Waals surface area contributed by atoms with Gasteiger partial charge in [0.25, 0.3) is 0 Å². The van der Waals surface area contributed by atoms with E-state index in [1.165, 1.54) is 9.56 Å². The Balaban J connectivity index is 1.59. The van der Waals surface area contributed by atoms with Crippen LogP contribution in [0.25, 0.3) is 0 Å². The van der Waals surface area contributed by atoms with E-state index in [0.717, 1.165) is 50.4 Å². The molecule has 0 radical (unpaired) electrons. The number of likely N-dealkylation sites (tertiary alicyclic amines) is 1. The maximum Gasteiger partial charge on any atom is 0.332 e. The Morgan fingerprint density at radius 3 is 2.46 bits per heavy atom. The fourth-order valence-corrected chi connectivity index (χ4v) is 5.01. The molecule has 4 heterocycles. The Hall–Kier alpha value is -1.80. The van der Waals surface area contributed by atoms with E-state index in [9.17, 15) is 9.59 Å². The number of hydrogen-bond donors (Lipinski definition) is 0. The predicted octanol–water partition coefficient (Wildman–Crippen LogP) is 1.69. The van der Waals surface area contributed by atoms with Crippen molar-refractivity contribution in [2.45, 2.75) is 64.6 Å². The second-order valence-corrected chi connectivity index (χ2v) is 8.73. The van der Waals surface area contributed by atoms with Crippen molar-refractivity contribution in [3.05, 3.63) is 42.6 Å². The number of hydrogen-bond acceptors (Lipinski definition) is 6. The first kappa shape index (κ1) is 17.6. The standard InChI is InChI=1S/C18H25N5O2S/c1-12(2)23-16(25)15(24)22-9-6-18(17(22)20-23)4-7-21(8-5-18)10-14-13(3)19-11-26-14/h11-12H,4-10H2,1-3H3. The third-order valence-corrected chi connectivity index (χ3v) is 6.82. The van der Waals surface area contributed by atoms with Crippen molar-refractivity contribution in [1.29, 1.82) is 0 Å². The number of nitrogens with zero attached hydrogens (tertiary/aromatic N) is 5. The predicted molar refractivity (Wildman–Crippen MR) is 101 cm³/mol. The highest BCUT2D eigenvalue weighted by molar-refractivity contribution is 7.09. The van der Waals surface area contributed by atoms with E-state index in [4.69, 9.17) is 0 Å². The summed E-state index contributed by atoms with van der Waals surface area (Å²) in [5.74, 6) is 0.824. The number of fused-ring (bicyclic) bond motifs is 2. The van der Waals surface area contributed by atoms with Crippen LogP contribution in [0.4, 0.5) is 0 Å². The SMILES string of the molecule is Cc1ncsc1CN1CCC2(CC1)CCn1c2nn(C(C)C)c(=O)c1=O. The van der Waals surface area contributed by atoms with Gasteiger partial charge in [0.15, 0.2) is 0 Å². The van der Waals surface area contributed by atoms with Gasteiger partial charge in [-0.25, -0.2) is 9.67 Å². The lowest BCUT2D eigenvalue weighted by molar-refractivity contribution is 0.149. The molecule has 0 aromatic carbocycles. The van der Waals surface area contributed by atoms with Crippen LogP contribution >= 0.6 is 11.3 Å². The molecule has 0 aliphatic carbocycles. The van der Waals surface area contributed by atoms with Crippen molar-refractivity contribution in [3.8, 4) is 0 Å². The van der Waals surface area contributed by atoms with E-state index in [1.807, 2.05) is 19.4 Å². The van der Waals surface area contributed by atoms with Crippen molar-refractivity contribution in [2.24, 2.45) is 0 Å². The second kappa shape index (κ2) is 6.42. The molecule has 8 heteroatoms. The highest BCUT2D eigenvalue weighted by Gasteiger charge is 2.44. The van der Waals surface area contributed by atoms with Crippen molar-refractivity contribution in [3.63, 3.8) is 0 Å². The topological polar surface area (TPSA) is 73.0 Å². The van der Waals surface area contributed by atoms with Crippen molar-refractivity contribution < 1.29 is 0 Å². The van der Waals surface area contributed by atoms with E-state index >= 15 is 0 Å². The fraction of sp³-hybridized carbons (Fsp3) is 0.667. The summed E-state index contributed by atoms with van der Waals surface area (Å²) in [5.41, 5.74) is 2.05. The van der Waals surface area contributed by atoms with Crippen LogP contribution in [0.5, 0.6) is 0 Å². The molecule has 26 heavy (non-hydrogen) atoms. The summed E-state index contributed by atoms with van der Waals surface area (Å²) in [6, 6.07) is -0.104. The van der Waals surface area contributed by atoms with E-state index in [1.54, 1.807) is 15.9 Å². The summed E-state index contributed by atoms with van der Waals surface area (Å²) in [5, 5.41) is 4.65. The molecule has 7 nitrogen and oxygen atoms in total. The van der Waals surface area contributed by atoms with E-state index in [2.05, 4.69) is 21.9 Å². The lowest BCUT2D eigenvalue weighted by Gasteiger charge is -2.38. The number of piperidine rings is 1. The summed E-state index contributed by atoms with van der Waals surface area (Å²) in [4.78, 5) is 32.9. The maximum atomic E-state index is 12.5. The van der Waals surface area contributed by atoms with Crippen molar-refractivity contribution in [2.75, 3.05) is 13.1 Å². The van der Waals surface area contributed by atoms with Gasteiger partial charge in [0, 0.05) is 23.4 Å². The molecule has 1 spiro atoms. The molecular weight excluding hydrogens is 350 g/mol. The molecule has 140 valence electrons. The Morgan fingerprint density at radius 2 is 1.85 bits per heavy atom. The molecule has 1 fully saturated rings. The second-order valence-electron chi connectivity index (χ2n) is 7.79. The highest BCUT2D eigenvalue weighted by Crippen LogP contribution is 2.41. The maximum absolute atomic E-state index is 12.5. The number of thiazole rings is 1. The molecule has 2 aliphatic heterocycles. The van der Waals surface area contributed by atoms with Crippen LogP contribution in [-0.2, 0) is 18.5 Å². The molecule has 0 N–H and O–H groups in total. The van der Waals surface area contributed by atoms with Crippen LogP contribution < -0.4 is 11.1 Å². The molecule has 4 rings (SSSR count). The summed E-state index contributed by atoms with van der Waals surface area (Å²) >= 11 is 1.72. The molecular formula is C18H25N5O2S. The molecule has 0 unspecified atom stereocenters. The summed E-state index contributed by atoms with van der Waals surface area (Å²) < 4.78 is 3.00.